The lowest BCUT2D eigenvalue weighted by Crippen LogP contribution is -2.16. The summed E-state index contributed by atoms with van der Waals surface area (Å²) in [5, 5.41) is 11.0. The van der Waals surface area contributed by atoms with E-state index in [-0.39, 0.29) is 18.7 Å². The molecule has 98 valence electrons. The first kappa shape index (κ1) is 14.0. The van der Waals surface area contributed by atoms with Crippen LogP contribution in [0.1, 0.15) is 16.8 Å². The fourth-order valence-corrected chi connectivity index (χ4v) is 1.23. The number of rotatable bonds is 5. The molecule has 0 saturated heterocycles. The Hall–Kier alpha value is -2.02. The van der Waals surface area contributed by atoms with Crippen LogP contribution in [0.15, 0.2) is 12.1 Å². The van der Waals surface area contributed by atoms with Crippen molar-refractivity contribution >= 4 is 17.6 Å². The van der Waals surface area contributed by atoms with E-state index < -0.39 is 29.1 Å². The molecule has 7 heteroatoms. The maximum Gasteiger partial charge on any atom is 0.337 e. The molecule has 0 aliphatic carbocycles. The maximum absolute atomic E-state index is 13.0. The lowest BCUT2D eigenvalue weighted by Gasteiger charge is -2.09. The van der Waals surface area contributed by atoms with Crippen LogP contribution < -0.4 is 5.32 Å². The van der Waals surface area contributed by atoms with Gasteiger partial charge in [0.05, 0.1) is 24.3 Å². The number of carbonyl (C=O) groups is 2. The molecule has 0 heterocycles. The standard InChI is InChI=1S/C11H11F2NO4/c1-18-3-2-10(15)14-9-5-8(13)7(12)4-6(9)11(16)17/h4-5H,2-3H2,1H3,(H,14,15)(H,16,17). The van der Waals surface area contributed by atoms with Crippen LogP contribution in [0.4, 0.5) is 14.5 Å². The van der Waals surface area contributed by atoms with Gasteiger partial charge in [-0.3, -0.25) is 4.79 Å². The maximum atomic E-state index is 13.0. The molecule has 0 aliphatic heterocycles. The van der Waals surface area contributed by atoms with E-state index in [9.17, 15) is 18.4 Å². The highest BCUT2D eigenvalue weighted by atomic mass is 19.2. The van der Waals surface area contributed by atoms with E-state index in [4.69, 9.17) is 5.11 Å². The number of anilines is 1. The topological polar surface area (TPSA) is 75.6 Å². The predicted octanol–water partition coefficient (Wildman–Crippen LogP) is 1.64. The summed E-state index contributed by atoms with van der Waals surface area (Å²) in [5.74, 6) is -4.54. The average Bonchev–Trinajstić information content (AvgIpc) is 2.30. The van der Waals surface area contributed by atoms with Crippen LogP contribution in [-0.2, 0) is 9.53 Å². The number of amides is 1. The molecule has 1 aromatic carbocycles. The van der Waals surface area contributed by atoms with Gasteiger partial charge in [0.25, 0.3) is 0 Å². The molecule has 0 fully saturated rings. The van der Waals surface area contributed by atoms with Crippen molar-refractivity contribution in [3.63, 3.8) is 0 Å². The van der Waals surface area contributed by atoms with E-state index in [1.807, 2.05) is 0 Å². The summed E-state index contributed by atoms with van der Waals surface area (Å²) in [6.45, 7) is 0.137. The molecule has 0 unspecified atom stereocenters. The zero-order chi connectivity index (χ0) is 13.7. The van der Waals surface area contributed by atoms with Gasteiger partial charge in [-0.05, 0) is 6.07 Å². The van der Waals surface area contributed by atoms with Crippen molar-refractivity contribution in [2.45, 2.75) is 6.42 Å². The highest BCUT2D eigenvalue weighted by Gasteiger charge is 2.16. The molecular formula is C11H11F2NO4. The Kier molecular flexibility index (Phi) is 4.73. The smallest absolute Gasteiger partial charge is 0.337 e. The third-order valence-electron chi connectivity index (χ3n) is 2.10. The Bertz CT molecular complexity index is 476. The first-order chi connectivity index (χ1) is 8.45. The second-order valence-electron chi connectivity index (χ2n) is 3.41. The molecule has 5 nitrogen and oxygen atoms in total. The zero-order valence-corrected chi connectivity index (χ0v) is 9.50. The molecule has 2 N–H and O–H groups in total. The lowest BCUT2D eigenvalue weighted by atomic mass is 10.1. The molecule has 0 aliphatic rings. The summed E-state index contributed by atoms with van der Waals surface area (Å²) in [5.41, 5.74) is -0.804. The van der Waals surface area contributed by atoms with E-state index >= 15 is 0 Å². The number of halogens is 2. The number of carboxylic acid groups (broad SMARTS) is 1. The molecule has 0 bridgehead atoms. The second-order valence-corrected chi connectivity index (χ2v) is 3.41. The van der Waals surface area contributed by atoms with Gasteiger partial charge in [-0.25, -0.2) is 13.6 Å². The lowest BCUT2D eigenvalue weighted by molar-refractivity contribution is -0.117. The van der Waals surface area contributed by atoms with Gasteiger partial charge >= 0.3 is 5.97 Å². The number of methoxy groups -OCH3 is 1. The van der Waals surface area contributed by atoms with Gasteiger partial charge in [-0.1, -0.05) is 0 Å². The first-order valence-electron chi connectivity index (χ1n) is 4.96. The van der Waals surface area contributed by atoms with Crippen molar-refractivity contribution in [3.8, 4) is 0 Å². The highest BCUT2D eigenvalue weighted by molar-refractivity contribution is 6.00. The first-order valence-corrected chi connectivity index (χ1v) is 4.96. The highest BCUT2D eigenvalue weighted by Crippen LogP contribution is 2.20. The largest absolute Gasteiger partial charge is 0.478 e. The minimum absolute atomic E-state index is 0.0193. The van der Waals surface area contributed by atoms with E-state index in [0.29, 0.717) is 12.1 Å². The summed E-state index contributed by atoms with van der Waals surface area (Å²) >= 11 is 0. The second kappa shape index (κ2) is 6.06. The molecular weight excluding hydrogens is 248 g/mol. The van der Waals surface area contributed by atoms with Gasteiger partial charge in [-0.15, -0.1) is 0 Å². The third-order valence-corrected chi connectivity index (χ3v) is 2.10. The molecule has 0 atom stereocenters. The quantitative estimate of drug-likeness (QED) is 0.842. The third kappa shape index (κ3) is 3.49. The molecule has 0 spiro atoms. The summed E-state index contributed by atoms with van der Waals surface area (Å²) in [6.07, 6.45) is -0.0193. The van der Waals surface area contributed by atoms with Crippen LogP contribution in [0.2, 0.25) is 0 Å². The number of nitrogens with one attached hydrogen (secondary N) is 1. The molecule has 1 aromatic rings. The van der Waals surface area contributed by atoms with Crippen LogP contribution in [0.5, 0.6) is 0 Å². The molecule has 1 rings (SSSR count). The molecule has 18 heavy (non-hydrogen) atoms. The Morgan fingerprint density at radius 3 is 2.50 bits per heavy atom. The van der Waals surface area contributed by atoms with E-state index in [1.165, 1.54) is 7.11 Å². The van der Waals surface area contributed by atoms with Crippen molar-refractivity contribution in [3.05, 3.63) is 29.3 Å². The van der Waals surface area contributed by atoms with Gasteiger partial charge in [0.1, 0.15) is 0 Å². The molecule has 1 amide bonds. The summed E-state index contributed by atoms with van der Waals surface area (Å²) in [7, 11) is 1.40. The fraction of sp³-hybridized carbons (Fsp3) is 0.273. The monoisotopic (exact) mass is 259 g/mol. The Morgan fingerprint density at radius 1 is 1.33 bits per heavy atom. The molecule has 0 aromatic heterocycles. The van der Waals surface area contributed by atoms with Crippen LogP contribution >= 0.6 is 0 Å². The van der Waals surface area contributed by atoms with Crippen LogP contribution in [0.3, 0.4) is 0 Å². The Morgan fingerprint density at radius 2 is 1.94 bits per heavy atom. The van der Waals surface area contributed by atoms with Gasteiger partial charge in [0.15, 0.2) is 11.6 Å². The van der Waals surface area contributed by atoms with Crippen molar-refractivity contribution in [2.24, 2.45) is 0 Å². The van der Waals surface area contributed by atoms with E-state index in [1.54, 1.807) is 0 Å². The van der Waals surface area contributed by atoms with Crippen LogP contribution in [0, 0.1) is 11.6 Å². The van der Waals surface area contributed by atoms with Gasteiger partial charge in [0, 0.05) is 13.2 Å². The number of carboxylic acids is 1. The van der Waals surface area contributed by atoms with Gasteiger partial charge in [0.2, 0.25) is 5.91 Å². The normalized spacial score (nSPS) is 10.2. The van der Waals surface area contributed by atoms with E-state index in [2.05, 4.69) is 10.1 Å². The minimum Gasteiger partial charge on any atom is -0.478 e. The Labute approximate surface area is 101 Å². The Balaban J connectivity index is 2.96. The number of carbonyl (C=O) groups excluding carboxylic acids is 1. The number of aromatic carboxylic acids is 1. The van der Waals surface area contributed by atoms with Crippen molar-refractivity contribution < 1.29 is 28.2 Å². The molecule has 0 saturated carbocycles. The van der Waals surface area contributed by atoms with Crippen molar-refractivity contribution in [1.29, 1.82) is 0 Å². The minimum atomic E-state index is -1.46. The summed E-state index contributed by atoms with van der Waals surface area (Å²) in [6, 6.07) is 1.15. The number of hydrogen-bond donors (Lipinski definition) is 2. The van der Waals surface area contributed by atoms with Crippen molar-refractivity contribution in [1.82, 2.24) is 0 Å². The molecule has 0 radical (unpaired) electrons. The number of hydrogen-bond acceptors (Lipinski definition) is 3. The van der Waals surface area contributed by atoms with Crippen molar-refractivity contribution in [2.75, 3.05) is 19.0 Å². The number of benzene rings is 1. The SMILES string of the molecule is COCCC(=O)Nc1cc(F)c(F)cc1C(=O)O. The summed E-state index contributed by atoms with van der Waals surface area (Å²) < 4.78 is 30.5. The van der Waals surface area contributed by atoms with Gasteiger partial charge < -0.3 is 15.2 Å². The zero-order valence-electron chi connectivity index (χ0n) is 9.50. The predicted molar refractivity (Wildman–Crippen MR) is 58.4 cm³/mol. The average molecular weight is 259 g/mol. The summed E-state index contributed by atoms with van der Waals surface area (Å²) in [4.78, 5) is 22.2. The number of ether oxygens (including phenoxy) is 1. The van der Waals surface area contributed by atoms with Crippen LogP contribution in [-0.4, -0.2) is 30.7 Å². The van der Waals surface area contributed by atoms with Gasteiger partial charge in [-0.2, -0.15) is 0 Å². The van der Waals surface area contributed by atoms with E-state index in [0.717, 1.165) is 0 Å². The van der Waals surface area contributed by atoms with Crippen LogP contribution in [0.25, 0.3) is 0 Å². The fourth-order valence-electron chi connectivity index (χ4n) is 1.23.